The van der Waals surface area contributed by atoms with Gasteiger partial charge in [0, 0.05) is 12.5 Å². The third-order valence-corrected chi connectivity index (χ3v) is 5.38. The summed E-state index contributed by atoms with van der Waals surface area (Å²) >= 11 is 0. The summed E-state index contributed by atoms with van der Waals surface area (Å²) in [5, 5.41) is 2.68. The number of hydrogen-bond acceptors (Lipinski definition) is 3. The maximum Gasteiger partial charge on any atom is 0.461 e. The third kappa shape index (κ3) is 7.18. The number of alkyl carbamates (subject to hydrolysis) is 1. The molecular formula is C27H25F6NO3. The zero-order chi connectivity index (χ0) is 27.2. The van der Waals surface area contributed by atoms with Gasteiger partial charge in [-0.2, -0.15) is 17.6 Å². The fourth-order valence-corrected chi connectivity index (χ4v) is 3.72. The first-order valence-electron chi connectivity index (χ1n) is 11.3. The minimum atomic E-state index is -4.90. The number of ether oxygens (including phenoxy) is 2. The SMILES string of the molecule is CC(C)COC(=O)N[C@](Cc1ccccc1)(c1ccc(F)cc1)c1cc(F)cc(OC(F)(F)C(F)F)c1. The van der Waals surface area contributed by atoms with Gasteiger partial charge >= 0.3 is 18.6 Å². The van der Waals surface area contributed by atoms with Gasteiger partial charge in [0.1, 0.15) is 17.4 Å². The number of nitrogens with one attached hydrogen (secondary N) is 1. The third-order valence-electron chi connectivity index (χ3n) is 5.38. The lowest BCUT2D eigenvalue weighted by Crippen LogP contribution is -2.49. The van der Waals surface area contributed by atoms with Crippen molar-refractivity contribution in [3.8, 4) is 5.75 Å². The summed E-state index contributed by atoms with van der Waals surface area (Å²) in [7, 11) is 0. The van der Waals surface area contributed by atoms with Crippen LogP contribution in [0.2, 0.25) is 0 Å². The highest BCUT2D eigenvalue weighted by molar-refractivity contribution is 5.70. The van der Waals surface area contributed by atoms with Gasteiger partial charge in [-0.15, -0.1) is 0 Å². The summed E-state index contributed by atoms with van der Waals surface area (Å²) in [6.45, 7) is 3.66. The lowest BCUT2D eigenvalue weighted by molar-refractivity contribution is -0.253. The van der Waals surface area contributed by atoms with E-state index in [9.17, 15) is 31.1 Å². The van der Waals surface area contributed by atoms with Crippen LogP contribution in [0.15, 0.2) is 72.8 Å². The Balaban J connectivity index is 2.22. The van der Waals surface area contributed by atoms with E-state index in [1.807, 2.05) is 13.8 Å². The molecule has 4 nitrogen and oxygen atoms in total. The predicted molar refractivity (Wildman–Crippen MR) is 125 cm³/mol. The average Bonchev–Trinajstić information content (AvgIpc) is 2.82. The molecule has 0 aliphatic carbocycles. The molecule has 10 heteroatoms. The molecule has 0 spiro atoms. The Bertz CT molecular complexity index is 1190. The topological polar surface area (TPSA) is 47.6 Å². The van der Waals surface area contributed by atoms with Crippen molar-refractivity contribution in [2.45, 2.75) is 38.3 Å². The molecule has 0 saturated carbocycles. The molecule has 0 fully saturated rings. The van der Waals surface area contributed by atoms with Crippen LogP contribution >= 0.6 is 0 Å². The van der Waals surface area contributed by atoms with Gasteiger partial charge in [-0.1, -0.05) is 56.3 Å². The number of halogens is 6. The van der Waals surface area contributed by atoms with Crippen molar-refractivity contribution < 1.29 is 40.6 Å². The van der Waals surface area contributed by atoms with Crippen LogP contribution in [0.4, 0.5) is 31.1 Å². The first kappa shape index (κ1) is 27.9. The molecule has 0 unspecified atom stereocenters. The maximum atomic E-state index is 14.7. The summed E-state index contributed by atoms with van der Waals surface area (Å²) in [5.41, 5.74) is -0.953. The van der Waals surface area contributed by atoms with Gasteiger partial charge in [0.15, 0.2) is 0 Å². The summed E-state index contributed by atoms with van der Waals surface area (Å²) < 4.78 is 90.8. The molecule has 0 radical (unpaired) electrons. The summed E-state index contributed by atoms with van der Waals surface area (Å²) in [5.74, 6) is -2.60. The standard InChI is InChI=1S/C27H25F6NO3/c1-17(2)16-36-25(35)34-26(15-18-6-4-3-5-7-18,19-8-10-21(28)11-9-19)20-12-22(29)14-23(13-20)37-27(32,33)24(30)31/h3-14,17,24H,15-16H2,1-2H3,(H,34,35)/t26-/m1/s1. The van der Waals surface area contributed by atoms with Crippen LogP contribution in [-0.2, 0) is 16.7 Å². The van der Waals surface area contributed by atoms with Crippen LogP contribution in [0.5, 0.6) is 5.75 Å². The second-order valence-corrected chi connectivity index (χ2v) is 8.83. The molecule has 3 rings (SSSR count). The second kappa shape index (κ2) is 11.6. The van der Waals surface area contributed by atoms with E-state index in [-0.39, 0.29) is 30.1 Å². The smallest absolute Gasteiger partial charge is 0.449 e. The molecule has 37 heavy (non-hydrogen) atoms. The Morgan fingerprint density at radius 1 is 0.892 bits per heavy atom. The summed E-state index contributed by atoms with van der Waals surface area (Å²) in [4.78, 5) is 12.9. The number of carbonyl (C=O) groups excluding carboxylic acids is 1. The largest absolute Gasteiger partial charge is 0.461 e. The van der Waals surface area contributed by atoms with Crippen molar-refractivity contribution in [3.05, 3.63) is 101 Å². The van der Waals surface area contributed by atoms with Crippen molar-refractivity contribution in [3.63, 3.8) is 0 Å². The van der Waals surface area contributed by atoms with E-state index in [4.69, 9.17) is 4.74 Å². The minimum absolute atomic E-state index is 0.0224. The summed E-state index contributed by atoms with van der Waals surface area (Å²) in [6, 6.07) is 15.9. The van der Waals surface area contributed by atoms with Gasteiger partial charge in [-0.05, 0) is 46.9 Å². The molecular weight excluding hydrogens is 500 g/mol. The van der Waals surface area contributed by atoms with E-state index in [0.29, 0.717) is 11.6 Å². The molecule has 0 saturated heterocycles. The first-order valence-corrected chi connectivity index (χ1v) is 11.3. The highest BCUT2D eigenvalue weighted by Gasteiger charge is 2.45. The number of benzene rings is 3. The quantitative estimate of drug-likeness (QED) is 0.288. The molecule has 1 atom stereocenters. The molecule has 1 N–H and O–H groups in total. The van der Waals surface area contributed by atoms with Crippen LogP contribution in [0.1, 0.15) is 30.5 Å². The van der Waals surface area contributed by atoms with Crippen molar-refractivity contribution in [1.82, 2.24) is 5.32 Å². The molecule has 198 valence electrons. The lowest BCUT2D eigenvalue weighted by Gasteiger charge is -2.36. The number of alkyl halides is 4. The van der Waals surface area contributed by atoms with E-state index in [0.717, 1.165) is 24.3 Å². The Morgan fingerprint density at radius 3 is 2.14 bits per heavy atom. The normalized spacial score (nSPS) is 13.4. The Hall–Kier alpha value is -3.69. The Kier molecular flexibility index (Phi) is 8.73. The zero-order valence-electron chi connectivity index (χ0n) is 20.0. The first-order chi connectivity index (χ1) is 17.4. The van der Waals surface area contributed by atoms with E-state index in [2.05, 4.69) is 10.1 Å². The van der Waals surface area contributed by atoms with E-state index >= 15 is 0 Å². The fraction of sp³-hybridized carbons (Fsp3) is 0.296. The van der Waals surface area contributed by atoms with Crippen molar-refractivity contribution in [1.29, 1.82) is 0 Å². The predicted octanol–water partition coefficient (Wildman–Crippen LogP) is 7.07. The number of hydrogen-bond donors (Lipinski definition) is 1. The highest BCUT2D eigenvalue weighted by atomic mass is 19.3. The van der Waals surface area contributed by atoms with Crippen LogP contribution < -0.4 is 10.1 Å². The highest BCUT2D eigenvalue weighted by Crippen LogP contribution is 2.38. The zero-order valence-corrected chi connectivity index (χ0v) is 20.0. The monoisotopic (exact) mass is 525 g/mol. The van der Waals surface area contributed by atoms with Crippen molar-refractivity contribution in [2.24, 2.45) is 5.92 Å². The Morgan fingerprint density at radius 2 is 1.54 bits per heavy atom. The maximum absolute atomic E-state index is 14.7. The van der Waals surface area contributed by atoms with Crippen LogP contribution in [0, 0.1) is 17.6 Å². The molecule has 3 aromatic carbocycles. The Labute approximate surface area is 210 Å². The fourth-order valence-electron chi connectivity index (χ4n) is 3.72. The van der Waals surface area contributed by atoms with Gasteiger partial charge in [0.2, 0.25) is 0 Å². The number of rotatable bonds is 10. The van der Waals surface area contributed by atoms with Crippen LogP contribution in [0.25, 0.3) is 0 Å². The van der Waals surface area contributed by atoms with E-state index in [1.54, 1.807) is 30.3 Å². The lowest BCUT2D eigenvalue weighted by atomic mass is 9.78. The second-order valence-electron chi connectivity index (χ2n) is 8.83. The molecule has 0 heterocycles. The van der Waals surface area contributed by atoms with Crippen LogP contribution in [-0.4, -0.2) is 25.2 Å². The molecule has 0 aromatic heterocycles. The van der Waals surface area contributed by atoms with Crippen molar-refractivity contribution in [2.75, 3.05) is 6.61 Å². The van der Waals surface area contributed by atoms with Gasteiger partial charge in [0.05, 0.1) is 12.1 Å². The molecule has 0 aliphatic rings. The molecule has 0 bridgehead atoms. The minimum Gasteiger partial charge on any atom is -0.449 e. The molecule has 3 aromatic rings. The summed E-state index contributed by atoms with van der Waals surface area (Å²) in [6.07, 6.45) is -10.1. The van der Waals surface area contributed by atoms with Gasteiger partial charge in [0.25, 0.3) is 0 Å². The van der Waals surface area contributed by atoms with Gasteiger partial charge in [-0.3, -0.25) is 0 Å². The van der Waals surface area contributed by atoms with Gasteiger partial charge < -0.3 is 14.8 Å². The van der Waals surface area contributed by atoms with E-state index < -0.39 is 41.6 Å². The molecule has 1 amide bonds. The molecule has 0 aliphatic heterocycles. The number of amides is 1. The number of carbonyl (C=O) groups is 1. The van der Waals surface area contributed by atoms with E-state index in [1.165, 1.54) is 12.1 Å². The van der Waals surface area contributed by atoms with Crippen molar-refractivity contribution >= 4 is 6.09 Å². The van der Waals surface area contributed by atoms with Crippen LogP contribution in [0.3, 0.4) is 0 Å². The average molecular weight is 525 g/mol. The van der Waals surface area contributed by atoms with Gasteiger partial charge in [-0.25, -0.2) is 13.6 Å².